The van der Waals surface area contributed by atoms with Crippen LogP contribution in [0.15, 0.2) is 36.4 Å². The van der Waals surface area contributed by atoms with E-state index < -0.39 is 0 Å². The minimum Gasteiger partial charge on any atom is -0.496 e. The summed E-state index contributed by atoms with van der Waals surface area (Å²) in [7, 11) is 1.70. The van der Waals surface area contributed by atoms with Gasteiger partial charge in [0.25, 0.3) is 0 Å². The lowest BCUT2D eigenvalue weighted by atomic mass is 9.99. The standard InChI is InChI=1S/C15H16O2/c1-17-15-7-6-12(14-8-10(14)9-16)11-4-2-3-5-13(11)15/h2-7,10,14,16H,8-9H2,1H3. The summed E-state index contributed by atoms with van der Waals surface area (Å²) in [5.74, 6) is 1.90. The molecule has 3 rings (SSSR count). The van der Waals surface area contributed by atoms with Gasteiger partial charge in [0, 0.05) is 12.0 Å². The number of rotatable bonds is 3. The van der Waals surface area contributed by atoms with E-state index in [0.717, 1.165) is 17.6 Å². The Balaban J connectivity index is 2.14. The molecule has 2 aromatic carbocycles. The van der Waals surface area contributed by atoms with E-state index in [-0.39, 0.29) is 0 Å². The van der Waals surface area contributed by atoms with E-state index >= 15 is 0 Å². The smallest absolute Gasteiger partial charge is 0.126 e. The zero-order valence-electron chi connectivity index (χ0n) is 9.89. The molecule has 0 amide bonds. The first-order valence-corrected chi connectivity index (χ1v) is 6.01. The fraction of sp³-hybridized carbons (Fsp3) is 0.333. The molecule has 1 fully saturated rings. The number of aliphatic hydroxyl groups excluding tert-OH is 1. The van der Waals surface area contributed by atoms with Crippen LogP contribution >= 0.6 is 0 Å². The summed E-state index contributed by atoms with van der Waals surface area (Å²) >= 11 is 0. The van der Waals surface area contributed by atoms with Crippen LogP contribution in [-0.2, 0) is 0 Å². The summed E-state index contributed by atoms with van der Waals surface area (Å²) < 4.78 is 5.39. The molecule has 1 aliphatic carbocycles. The molecular formula is C15H16O2. The Labute approximate surface area is 101 Å². The Kier molecular flexibility index (Phi) is 2.52. The van der Waals surface area contributed by atoms with Gasteiger partial charge in [0.05, 0.1) is 7.11 Å². The zero-order valence-corrected chi connectivity index (χ0v) is 9.89. The van der Waals surface area contributed by atoms with E-state index in [1.54, 1.807) is 7.11 Å². The first kappa shape index (κ1) is 10.6. The number of methoxy groups -OCH3 is 1. The van der Waals surface area contributed by atoms with Crippen molar-refractivity contribution in [2.45, 2.75) is 12.3 Å². The van der Waals surface area contributed by atoms with Crippen LogP contribution in [0, 0.1) is 5.92 Å². The third-order valence-corrected chi connectivity index (χ3v) is 3.69. The minimum absolute atomic E-state index is 0.297. The SMILES string of the molecule is COc1ccc(C2CC2CO)c2ccccc12. The second-order valence-electron chi connectivity index (χ2n) is 4.69. The highest BCUT2D eigenvalue weighted by atomic mass is 16.5. The van der Waals surface area contributed by atoms with Crippen molar-refractivity contribution >= 4 is 10.8 Å². The molecule has 0 bridgehead atoms. The molecule has 0 spiro atoms. The highest BCUT2D eigenvalue weighted by Crippen LogP contribution is 2.49. The van der Waals surface area contributed by atoms with Crippen molar-refractivity contribution in [3.8, 4) is 5.75 Å². The summed E-state index contributed by atoms with van der Waals surface area (Å²) in [6.07, 6.45) is 1.10. The van der Waals surface area contributed by atoms with Crippen molar-refractivity contribution in [3.05, 3.63) is 42.0 Å². The predicted molar refractivity (Wildman–Crippen MR) is 68.4 cm³/mol. The molecule has 0 saturated heterocycles. The van der Waals surface area contributed by atoms with E-state index in [9.17, 15) is 5.11 Å². The molecule has 0 aliphatic heterocycles. The van der Waals surface area contributed by atoms with Gasteiger partial charge >= 0.3 is 0 Å². The number of aliphatic hydroxyl groups is 1. The Morgan fingerprint density at radius 3 is 2.59 bits per heavy atom. The van der Waals surface area contributed by atoms with Gasteiger partial charge in [-0.2, -0.15) is 0 Å². The summed E-state index contributed by atoms with van der Waals surface area (Å²) in [4.78, 5) is 0. The fourth-order valence-electron chi connectivity index (χ4n) is 2.63. The molecule has 17 heavy (non-hydrogen) atoms. The maximum Gasteiger partial charge on any atom is 0.126 e. The predicted octanol–water partition coefficient (Wildman–Crippen LogP) is 2.94. The number of hydrogen-bond acceptors (Lipinski definition) is 2. The molecule has 2 unspecified atom stereocenters. The molecule has 0 aromatic heterocycles. The Morgan fingerprint density at radius 2 is 1.94 bits per heavy atom. The minimum atomic E-state index is 0.297. The average Bonchev–Trinajstić information content (AvgIpc) is 3.16. The molecule has 2 aromatic rings. The van der Waals surface area contributed by atoms with Crippen LogP contribution in [0.5, 0.6) is 5.75 Å². The highest BCUT2D eigenvalue weighted by molar-refractivity contribution is 5.91. The van der Waals surface area contributed by atoms with Crippen LogP contribution in [0.1, 0.15) is 17.9 Å². The Morgan fingerprint density at radius 1 is 1.18 bits per heavy atom. The monoisotopic (exact) mass is 228 g/mol. The van der Waals surface area contributed by atoms with Crippen molar-refractivity contribution in [3.63, 3.8) is 0 Å². The zero-order chi connectivity index (χ0) is 11.8. The van der Waals surface area contributed by atoms with Crippen LogP contribution in [0.25, 0.3) is 10.8 Å². The van der Waals surface area contributed by atoms with E-state index in [1.807, 2.05) is 12.1 Å². The number of benzene rings is 2. The Bertz CT molecular complexity index is 548. The van der Waals surface area contributed by atoms with Gasteiger partial charge in [-0.05, 0) is 35.3 Å². The van der Waals surface area contributed by atoms with Crippen molar-refractivity contribution in [2.75, 3.05) is 13.7 Å². The van der Waals surface area contributed by atoms with Crippen LogP contribution in [-0.4, -0.2) is 18.8 Å². The van der Waals surface area contributed by atoms with Gasteiger partial charge in [-0.25, -0.2) is 0 Å². The molecule has 1 N–H and O–H groups in total. The summed E-state index contributed by atoms with van der Waals surface area (Å²) in [6.45, 7) is 0.297. The summed E-state index contributed by atoms with van der Waals surface area (Å²) in [5, 5.41) is 11.6. The van der Waals surface area contributed by atoms with Gasteiger partial charge in [-0.1, -0.05) is 30.3 Å². The summed E-state index contributed by atoms with van der Waals surface area (Å²) in [5.41, 5.74) is 1.35. The maximum atomic E-state index is 9.19. The lowest BCUT2D eigenvalue weighted by molar-refractivity contribution is 0.274. The molecular weight excluding hydrogens is 212 g/mol. The molecule has 1 saturated carbocycles. The maximum absolute atomic E-state index is 9.19. The van der Waals surface area contributed by atoms with E-state index in [1.165, 1.54) is 10.9 Å². The van der Waals surface area contributed by atoms with Crippen molar-refractivity contribution in [1.29, 1.82) is 0 Å². The first-order valence-electron chi connectivity index (χ1n) is 6.01. The quantitative estimate of drug-likeness (QED) is 0.875. The lowest BCUT2D eigenvalue weighted by Crippen LogP contribution is -1.92. The molecule has 88 valence electrons. The molecule has 2 nitrogen and oxygen atoms in total. The fourth-order valence-corrected chi connectivity index (χ4v) is 2.63. The molecule has 1 aliphatic rings. The van der Waals surface area contributed by atoms with Crippen LogP contribution in [0.3, 0.4) is 0 Å². The Hall–Kier alpha value is -1.54. The first-order chi connectivity index (χ1) is 8.35. The van der Waals surface area contributed by atoms with E-state index in [4.69, 9.17) is 4.74 Å². The van der Waals surface area contributed by atoms with Gasteiger partial charge < -0.3 is 9.84 Å². The van der Waals surface area contributed by atoms with Gasteiger partial charge in [0.15, 0.2) is 0 Å². The largest absolute Gasteiger partial charge is 0.496 e. The van der Waals surface area contributed by atoms with Gasteiger partial charge in [-0.15, -0.1) is 0 Å². The second-order valence-corrected chi connectivity index (χ2v) is 4.69. The van der Waals surface area contributed by atoms with Crippen molar-refractivity contribution in [1.82, 2.24) is 0 Å². The molecule has 0 heterocycles. The van der Waals surface area contributed by atoms with Gasteiger partial charge in [-0.3, -0.25) is 0 Å². The van der Waals surface area contributed by atoms with E-state index in [2.05, 4.69) is 24.3 Å². The number of hydrogen-bond donors (Lipinski definition) is 1. The van der Waals surface area contributed by atoms with Crippen LogP contribution in [0.4, 0.5) is 0 Å². The lowest BCUT2D eigenvalue weighted by Gasteiger charge is -2.10. The molecule has 2 atom stereocenters. The van der Waals surface area contributed by atoms with Crippen LogP contribution < -0.4 is 4.74 Å². The van der Waals surface area contributed by atoms with Gasteiger partial charge in [0.2, 0.25) is 0 Å². The molecule has 0 radical (unpaired) electrons. The van der Waals surface area contributed by atoms with Crippen molar-refractivity contribution < 1.29 is 9.84 Å². The topological polar surface area (TPSA) is 29.5 Å². The third-order valence-electron chi connectivity index (χ3n) is 3.69. The summed E-state index contributed by atoms with van der Waals surface area (Å²) in [6, 6.07) is 12.5. The van der Waals surface area contributed by atoms with Crippen molar-refractivity contribution in [2.24, 2.45) is 5.92 Å². The average molecular weight is 228 g/mol. The number of ether oxygens (including phenoxy) is 1. The highest BCUT2D eigenvalue weighted by Gasteiger charge is 2.38. The second kappa shape index (κ2) is 4.04. The number of fused-ring (bicyclic) bond motifs is 1. The van der Waals surface area contributed by atoms with Crippen LogP contribution in [0.2, 0.25) is 0 Å². The van der Waals surface area contributed by atoms with E-state index in [0.29, 0.717) is 18.4 Å². The third kappa shape index (κ3) is 1.69. The normalized spacial score (nSPS) is 22.7. The molecule has 2 heteroatoms. The van der Waals surface area contributed by atoms with Gasteiger partial charge in [0.1, 0.15) is 5.75 Å².